The van der Waals surface area contributed by atoms with E-state index in [2.05, 4.69) is 20.8 Å². The molecule has 31 heavy (non-hydrogen) atoms. The van der Waals surface area contributed by atoms with Crippen molar-refractivity contribution in [3.63, 3.8) is 0 Å². The van der Waals surface area contributed by atoms with Crippen molar-refractivity contribution in [1.29, 1.82) is 0 Å². The van der Waals surface area contributed by atoms with Crippen molar-refractivity contribution in [2.45, 2.75) is 35.5 Å². The third-order valence-electron chi connectivity index (χ3n) is 4.10. The number of benzene rings is 3. The zero-order chi connectivity index (χ0) is 21.9. The van der Waals surface area contributed by atoms with E-state index in [1.807, 2.05) is 72.8 Å². The molecule has 0 aromatic heterocycles. The zero-order valence-electron chi connectivity index (χ0n) is 18.1. The maximum atomic E-state index is 6.05. The first-order valence-electron chi connectivity index (χ1n) is 10.4. The SMILES string of the molecule is CCSc1ccc(OB(Oc2ccc(SCC)cc2)Oc2ccc(SCC)cc2)cc1. The van der Waals surface area contributed by atoms with Crippen LogP contribution in [0.25, 0.3) is 0 Å². The maximum Gasteiger partial charge on any atom is 0.864 e. The highest BCUT2D eigenvalue weighted by atomic mass is 32.2. The Morgan fingerprint density at radius 3 is 0.968 bits per heavy atom. The lowest BCUT2D eigenvalue weighted by Gasteiger charge is -2.17. The molecule has 0 heterocycles. The van der Waals surface area contributed by atoms with Crippen molar-refractivity contribution in [3.8, 4) is 17.2 Å². The van der Waals surface area contributed by atoms with Gasteiger partial charge in [-0.15, -0.1) is 35.3 Å². The predicted octanol–water partition coefficient (Wildman–Crippen LogP) is 7.54. The van der Waals surface area contributed by atoms with Crippen molar-refractivity contribution in [2.24, 2.45) is 0 Å². The first-order chi connectivity index (χ1) is 15.2. The van der Waals surface area contributed by atoms with E-state index < -0.39 is 7.32 Å². The molecule has 0 bridgehead atoms. The summed E-state index contributed by atoms with van der Waals surface area (Å²) < 4.78 is 18.1. The van der Waals surface area contributed by atoms with Gasteiger partial charge in [0.1, 0.15) is 17.2 Å². The maximum absolute atomic E-state index is 6.05. The topological polar surface area (TPSA) is 27.7 Å². The summed E-state index contributed by atoms with van der Waals surface area (Å²) in [6.45, 7) is 6.42. The van der Waals surface area contributed by atoms with Gasteiger partial charge in [0, 0.05) is 14.7 Å². The molecule has 0 atom stereocenters. The summed E-state index contributed by atoms with van der Waals surface area (Å²) in [6.07, 6.45) is 0. The van der Waals surface area contributed by atoms with Gasteiger partial charge >= 0.3 is 7.32 Å². The quantitative estimate of drug-likeness (QED) is 0.200. The fourth-order valence-electron chi connectivity index (χ4n) is 2.75. The molecule has 0 aliphatic heterocycles. The Bertz CT molecular complexity index is 780. The standard InChI is InChI=1S/C24H27BO3S3/c1-4-29-22-13-7-19(8-14-22)26-25(27-20-9-15-23(16-10-20)30-5-2)28-21-11-17-24(18-12-21)31-6-3/h7-18H,4-6H2,1-3H3. The Morgan fingerprint density at radius 2 is 0.742 bits per heavy atom. The van der Waals surface area contributed by atoms with Gasteiger partial charge in [-0.25, -0.2) is 0 Å². The molecular formula is C24H27BO3S3. The lowest BCUT2D eigenvalue weighted by atomic mass is 10.2. The van der Waals surface area contributed by atoms with Crippen LogP contribution < -0.4 is 14.0 Å². The van der Waals surface area contributed by atoms with Crippen molar-refractivity contribution < 1.29 is 14.0 Å². The molecule has 3 nitrogen and oxygen atoms in total. The summed E-state index contributed by atoms with van der Waals surface area (Å²) in [6, 6.07) is 24.0. The summed E-state index contributed by atoms with van der Waals surface area (Å²) >= 11 is 5.39. The summed E-state index contributed by atoms with van der Waals surface area (Å²) in [7, 11) is -0.904. The Kier molecular flexibility index (Phi) is 9.91. The van der Waals surface area contributed by atoms with Crippen LogP contribution >= 0.6 is 35.3 Å². The molecule has 0 saturated heterocycles. The number of hydrogen-bond acceptors (Lipinski definition) is 6. The second-order valence-corrected chi connectivity index (χ2v) is 10.4. The van der Waals surface area contributed by atoms with Crippen LogP contribution in [0.1, 0.15) is 20.8 Å². The normalized spacial score (nSPS) is 10.5. The van der Waals surface area contributed by atoms with Crippen LogP contribution in [0, 0.1) is 0 Å². The molecule has 0 spiro atoms. The van der Waals surface area contributed by atoms with Gasteiger partial charge in [0.05, 0.1) is 0 Å². The van der Waals surface area contributed by atoms with Gasteiger partial charge in [-0.2, -0.15) is 0 Å². The minimum absolute atomic E-state index is 0.696. The second kappa shape index (κ2) is 12.9. The lowest BCUT2D eigenvalue weighted by Crippen LogP contribution is -2.36. The fourth-order valence-corrected chi connectivity index (χ4v) is 4.73. The van der Waals surface area contributed by atoms with Crippen LogP contribution in [-0.4, -0.2) is 24.6 Å². The molecule has 0 fully saturated rings. The summed E-state index contributed by atoms with van der Waals surface area (Å²) in [5.41, 5.74) is 0. The number of hydrogen-bond donors (Lipinski definition) is 0. The molecule has 0 radical (unpaired) electrons. The predicted molar refractivity (Wildman–Crippen MR) is 136 cm³/mol. The summed E-state index contributed by atoms with van der Waals surface area (Å²) in [5.74, 6) is 5.19. The zero-order valence-corrected chi connectivity index (χ0v) is 20.5. The van der Waals surface area contributed by atoms with E-state index in [0.717, 1.165) is 17.3 Å². The molecule has 0 aliphatic carbocycles. The third kappa shape index (κ3) is 7.98. The van der Waals surface area contributed by atoms with Gasteiger partial charge in [0.15, 0.2) is 0 Å². The first kappa shape index (κ1) is 23.8. The molecule has 0 amide bonds. The van der Waals surface area contributed by atoms with Gasteiger partial charge in [-0.05, 0) is 90.1 Å². The molecule has 7 heteroatoms. The number of rotatable bonds is 12. The number of thioether (sulfide) groups is 3. The molecule has 0 unspecified atom stereocenters. The second-order valence-electron chi connectivity index (χ2n) is 6.36. The molecule has 0 N–H and O–H groups in total. The highest BCUT2D eigenvalue weighted by molar-refractivity contribution is 7.99. The van der Waals surface area contributed by atoms with E-state index in [1.165, 1.54) is 14.7 Å². The van der Waals surface area contributed by atoms with Gasteiger partial charge in [-0.3, -0.25) is 0 Å². The Labute approximate surface area is 198 Å². The fraction of sp³-hybridized carbons (Fsp3) is 0.250. The lowest BCUT2D eigenvalue weighted by molar-refractivity contribution is 0.307. The smallest absolute Gasteiger partial charge is 0.490 e. The highest BCUT2D eigenvalue weighted by Gasteiger charge is 2.30. The molecule has 0 aliphatic rings. The molecule has 3 aromatic rings. The minimum atomic E-state index is -0.904. The van der Waals surface area contributed by atoms with E-state index in [9.17, 15) is 0 Å². The van der Waals surface area contributed by atoms with Gasteiger partial charge in [0.25, 0.3) is 0 Å². The Balaban J connectivity index is 1.73. The molecule has 162 valence electrons. The van der Waals surface area contributed by atoms with E-state index >= 15 is 0 Å². The van der Waals surface area contributed by atoms with Gasteiger partial charge < -0.3 is 14.0 Å². The molecular weight excluding hydrogens is 443 g/mol. The third-order valence-corrected chi connectivity index (χ3v) is 6.78. The van der Waals surface area contributed by atoms with Crippen molar-refractivity contribution >= 4 is 42.6 Å². The monoisotopic (exact) mass is 470 g/mol. The van der Waals surface area contributed by atoms with Gasteiger partial charge in [-0.1, -0.05) is 20.8 Å². The molecule has 3 aromatic carbocycles. The average molecular weight is 470 g/mol. The van der Waals surface area contributed by atoms with Crippen LogP contribution in [0.15, 0.2) is 87.5 Å². The van der Waals surface area contributed by atoms with Crippen LogP contribution in [0.3, 0.4) is 0 Å². The largest absolute Gasteiger partial charge is 0.864 e. The minimum Gasteiger partial charge on any atom is -0.490 e. The Hall–Kier alpha value is -1.83. The van der Waals surface area contributed by atoms with E-state index in [1.54, 1.807) is 35.3 Å². The first-order valence-corrected chi connectivity index (χ1v) is 13.3. The van der Waals surface area contributed by atoms with Crippen LogP contribution in [0.4, 0.5) is 0 Å². The Morgan fingerprint density at radius 1 is 0.484 bits per heavy atom. The van der Waals surface area contributed by atoms with Crippen LogP contribution in [-0.2, 0) is 0 Å². The van der Waals surface area contributed by atoms with E-state index in [0.29, 0.717) is 17.2 Å². The van der Waals surface area contributed by atoms with Gasteiger partial charge in [0.2, 0.25) is 0 Å². The molecule has 0 saturated carbocycles. The summed E-state index contributed by atoms with van der Waals surface area (Å²) in [5, 5.41) is 0. The van der Waals surface area contributed by atoms with E-state index in [4.69, 9.17) is 14.0 Å². The summed E-state index contributed by atoms with van der Waals surface area (Å²) in [4.78, 5) is 3.63. The molecule has 3 rings (SSSR count). The van der Waals surface area contributed by atoms with Crippen molar-refractivity contribution in [2.75, 3.05) is 17.3 Å². The highest BCUT2D eigenvalue weighted by Crippen LogP contribution is 2.26. The van der Waals surface area contributed by atoms with Crippen molar-refractivity contribution in [3.05, 3.63) is 72.8 Å². The van der Waals surface area contributed by atoms with E-state index in [-0.39, 0.29) is 0 Å². The van der Waals surface area contributed by atoms with Crippen LogP contribution in [0.5, 0.6) is 17.2 Å². The average Bonchev–Trinajstić information content (AvgIpc) is 2.78. The van der Waals surface area contributed by atoms with Crippen molar-refractivity contribution in [1.82, 2.24) is 0 Å². The van der Waals surface area contributed by atoms with Crippen LogP contribution in [0.2, 0.25) is 0 Å².